The standard InChI is InChI=1S/C27H29N3O3/c31-25-14-6-4-12-23(25)20-28-16-8-18-30(27(33)22-10-2-1-3-11-22)19-9-17-29-21-24-13-5-7-15-26(24)32/h1-7,10-15,20-21,31-32H,8-9,16-19H2. The van der Waals surface area contributed by atoms with E-state index in [0.29, 0.717) is 55.7 Å². The average molecular weight is 444 g/mol. The van der Waals surface area contributed by atoms with E-state index in [4.69, 9.17) is 0 Å². The van der Waals surface area contributed by atoms with Crippen molar-refractivity contribution in [3.8, 4) is 11.5 Å². The Kier molecular flexibility index (Phi) is 9.21. The maximum atomic E-state index is 13.0. The molecule has 0 unspecified atom stereocenters. The molecule has 6 nitrogen and oxygen atoms in total. The Labute approximate surface area is 194 Å². The van der Waals surface area contributed by atoms with Crippen LogP contribution in [-0.4, -0.2) is 59.6 Å². The third kappa shape index (κ3) is 7.61. The molecule has 0 bridgehead atoms. The normalized spacial score (nSPS) is 11.3. The summed E-state index contributed by atoms with van der Waals surface area (Å²) in [5.41, 5.74) is 2.02. The first-order chi connectivity index (χ1) is 16.1. The Morgan fingerprint density at radius 3 is 1.64 bits per heavy atom. The molecule has 0 spiro atoms. The number of phenols is 2. The summed E-state index contributed by atoms with van der Waals surface area (Å²) in [7, 11) is 0. The van der Waals surface area contributed by atoms with Crippen LogP contribution in [0.25, 0.3) is 0 Å². The number of aromatic hydroxyl groups is 2. The first-order valence-corrected chi connectivity index (χ1v) is 11.0. The summed E-state index contributed by atoms with van der Waals surface area (Å²) >= 11 is 0. The zero-order valence-electron chi connectivity index (χ0n) is 18.5. The van der Waals surface area contributed by atoms with Crippen molar-refractivity contribution < 1.29 is 15.0 Å². The quantitative estimate of drug-likeness (QED) is 0.337. The molecular weight excluding hydrogens is 414 g/mol. The summed E-state index contributed by atoms with van der Waals surface area (Å²) in [5, 5.41) is 19.6. The van der Waals surface area contributed by atoms with Crippen molar-refractivity contribution in [3.05, 3.63) is 95.6 Å². The van der Waals surface area contributed by atoms with Gasteiger partial charge in [0.15, 0.2) is 0 Å². The smallest absolute Gasteiger partial charge is 0.253 e. The molecule has 170 valence electrons. The minimum absolute atomic E-state index is 0.00929. The highest BCUT2D eigenvalue weighted by molar-refractivity contribution is 5.94. The minimum atomic E-state index is -0.00929. The van der Waals surface area contributed by atoms with Crippen molar-refractivity contribution in [2.45, 2.75) is 12.8 Å². The van der Waals surface area contributed by atoms with Gasteiger partial charge in [0, 0.05) is 55.3 Å². The zero-order valence-corrected chi connectivity index (χ0v) is 18.5. The van der Waals surface area contributed by atoms with E-state index in [2.05, 4.69) is 9.98 Å². The van der Waals surface area contributed by atoms with Gasteiger partial charge in [0.1, 0.15) is 11.5 Å². The van der Waals surface area contributed by atoms with Crippen LogP contribution in [0.3, 0.4) is 0 Å². The molecular formula is C27H29N3O3. The van der Waals surface area contributed by atoms with Gasteiger partial charge < -0.3 is 15.1 Å². The van der Waals surface area contributed by atoms with Crippen molar-refractivity contribution >= 4 is 18.3 Å². The predicted molar refractivity (Wildman–Crippen MR) is 133 cm³/mol. The van der Waals surface area contributed by atoms with E-state index in [1.54, 1.807) is 48.8 Å². The zero-order chi connectivity index (χ0) is 23.3. The van der Waals surface area contributed by atoms with Crippen molar-refractivity contribution in [2.24, 2.45) is 9.98 Å². The third-order valence-electron chi connectivity index (χ3n) is 5.07. The largest absolute Gasteiger partial charge is 0.507 e. The maximum Gasteiger partial charge on any atom is 0.253 e. The Hall–Kier alpha value is -3.93. The van der Waals surface area contributed by atoms with E-state index in [0.717, 1.165) is 0 Å². The first kappa shape index (κ1) is 23.7. The van der Waals surface area contributed by atoms with Crippen molar-refractivity contribution in [1.82, 2.24) is 4.90 Å². The number of amides is 1. The van der Waals surface area contributed by atoms with Crippen LogP contribution in [0.2, 0.25) is 0 Å². The van der Waals surface area contributed by atoms with Gasteiger partial charge in [-0.15, -0.1) is 0 Å². The number of benzene rings is 3. The number of phenolic OH excluding ortho intramolecular Hbond substituents is 2. The van der Waals surface area contributed by atoms with Gasteiger partial charge in [0.25, 0.3) is 5.91 Å². The molecule has 0 fully saturated rings. The molecule has 0 aliphatic carbocycles. The van der Waals surface area contributed by atoms with Gasteiger partial charge in [-0.25, -0.2) is 0 Å². The second kappa shape index (κ2) is 12.8. The SMILES string of the molecule is O=C(c1ccccc1)N(CCCN=Cc1ccccc1O)CCCN=Cc1ccccc1O. The Morgan fingerprint density at radius 2 is 1.15 bits per heavy atom. The number of hydrogen-bond donors (Lipinski definition) is 2. The van der Waals surface area contributed by atoms with Crippen LogP contribution in [0.1, 0.15) is 34.3 Å². The molecule has 3 aromatic rings. The highest BCUT2D eigenvalue weighted by Gasteiger charge is 2.14. The van der Waals surface area contributed by atoms with Gasteiger partial charge in [0.2, 0.25) is 0 Å². The highest BCUT2D eigenvalue weighted by atomic mass is 16.3. The third-order valence-corrected chi connectivity index (χ3v) is 5.07. The monoisotopic (exact) mass is 443 g/mol. The molecule has 0 saturated heterocycles. The van der Waals surface area contributed by atoms with Gasteiger partial charge in [-0.2, -0.15) is 0 Å². The lowest BCUT2D eigenvalue weighted by molar-refractivity contribution is 0.0754. The van der Waals surface area contributed by atoms with Crippen LogP contribution < -0.4 is 0 Å². The minimum Gasteiger partial charge on any atom is -0.507 e. The number of carbonyl (C=O) groups is 1. The van der Waals surface area contributed by atoms with Crippen molar-refractivity contribution in [3.63, 3.8) is 0 Å². The lowest BCUT2D eigenvalue weighted by atomic mass is 10.2. The van der Waals surface area contributed by atoms with E-state index in [1.807, 2.05) is 47.4 Å². The van der Waals surface area contributed by atoms with Gasteiger partial charge >= 0.3 is 0 Å². The molecule has 2 N–H and O–H groups in total. The fourth-order valence-electron chi connectivity index (χ4n) is 3.30. The van der Waals surface area contributed by atoms with Crippen LogP contribution in [0.4, 0.5) is 0 Å². The van der Waals surface area contributed by atoms with E-state index in [9.17, 15) is 15.0 Å². The van der Waals surface area contributed by atoms with Crippen molar-refractivity contribution in [2.75, 3.05) is 26.2 Å². The number of carbonyl (C=O) groups excluding carboxylic acids is 1. The molecule has 0 aromatic heterocycles. The van der Waals surface area contributed by atoms with Gasteiger partial charge in [-0.3, -0.25) is 14.8 Å². The molecule has 0 aliphatic heterocycles. The summed E-state index contributed by atoms with van der Waals surface area (Å²) in [6.45, 7) is 2.26. The molecule has 33 heavy (non-hydrogen) atoms. The number of nitrogens with zero attached hydrogens (tertiary/aromatic N) is 3. The molecule has 0 aliphatic rings. The Bertz CT molecular complexity index is 1020. The summed E-state index contributed by atoms with van der Waals surface area (Å²) in [6, 6.07) is 23.4. The lowest BCUT2D eigenvalue weighted by Crippen LogP contribution is -2.33. The number of hydrogen-bond acceptors (Lipinski definition) is 5. The number of aliphatic imine (C=N–C) groups is 2. The highest BCUT2D eigenvalue weighted by Crippen LogP contribution is 2.14. The van der Waals surface area contributed by atoms with Crippen LogP contribution in [0, 0.1) is 0 Å². The van der Waals surface area contributed by atoms with Crippen molar-refractivity contribution in [1.29, 1.82) is 0 Å². The Balaban J connectivity index is 1.53. The molecule has 0 heterocycles. The van der Waals surface area contributed by atoms with E-state index in [-0.39, 0.29) is 17.4 Å². The average Bonchev–Trinajstić information content (AvgIpc) is 2.84. The van der Waals surface area contributed by atoms with E-state index < -0.39 is 0 Å². The second-order valence-electron chi connectivity index (χ2n) is 7.55. The second-order valence-corrected chi connectivity index (χ2v) is 7.55. The fraction of sp³-hybridized carbons (Fsp3) is 0.222. The summed E-state index contributed by atoms with van der Waals surface area (Å²) < 4.78 is 0. The molecule has 3 aromatic carbocycles. The van der Waals surface area contributed by atoms with Crippen LogP contribution in [-0.2, 0) is 0 Å². The maximum absolute atomic E-state index is 13.0. The van der Waals surface area contributed by atoms with E-state index >= 15 is 0 Å². The molecule has 1 amide bonds. The van der Waals surface area contributed by atoms with Crippen LogP contribution >= 0.6 is 0 Å². The van der Waals surface area contributed by atoms with Gasteiger partial charge in [0.05, 0.1) is 0 Å². The summed E-state index contributed by atoms with van der Waals surface area (Å²) in [5.74, 6) is 0.392. The molecule has 6 heteroatoms. The Morgan fingerprint density at radius 1 is 0.697 bits per heavy atom. The summed E-state index contributed by atoms with van der Waals surface area (Å²) in [4.78, 5) is 23.6. The first-order valence-electron chi connectivity index (χ1n) is 11.0. The number of para-hydroxylation sites is 2. The summed E-state index contributed by atoms with van der Waals surface area (Å²) in [6.07, 6.45) is 4.74. The fourth-order valence-corrected chi connectivity index (χ4v) is 3.30. The van der Waals surface area contributed by atoms with E-state index in [1.165, 1.54) is 0 Å². The molecule has 0 saturated carbocycles. The topological polar surface area (TPSA) is 85.5 Å². The van der Waals surface area contributed by atoms with Gasteiger partial charge in [-0.1, -0.05) is 42.5 Å². The lowest BCUT2D eigenvalue weighted by Gasteiger charge is -2.22. The van der Waals surface area contributed by atoms with Crippen LogP contribution in [0.5, 0.6) is 11.5 Å². The molecule has 0 radical (unpaired) electrons. The predicted octanol–water partition coefficient (Wildman–Crippen LogP) is 4.56. The van der Waals surface area contributed by atoms with Gasteiger partial charge in [-0.05, 0) is 49.2 Å². The van der Waals surface area contributed by atoms with Crippen LogP contribution in [0.15, 0.2) is 88.8 Å². The molecule has 3 rings (SSSR count). The molecule has 0 atom stereocenters. The number of rotatable bonds is 11.